The number of halogens is 3. The second kappa shape index (κ2) is 4.59. The van der Waals surface area contributed by atoms with Crippen LogP contribution >= 0.6 is 0 Å². The monoisotopic (exact) mass is 220 g/mol. The zero-order chi connectivity index (χ0) is 11.5. The smallest absolute Gasteiger partial charge is 0.395 e. The Bertz CT molecular complexity index is 327. The highest BCUT2D eigenvalue weighted by Gasteiger charge is 2.33. The maximum absolute atomic E-state index is 12.5. The van der Waals surface area contributed by atoms with Crippen molar-refractivity contribution in [3.05, 3.63) is 29.6 Å². The summed E-state index contributed by atoms with van der Waals surface area (Å²) in [5, 5.41) is 8.66. The van der Waals surface area contributed by atoms with E-state index in [1.807, 2.05) is 0 Å². The van der Waals surface area contributed by atoms with Gasteiger partial charge in [-0.3, -0.25) is 4.98 Å². The van der Waals surface area contributed by atoms with E-state index >= 15 is 0 Å². The van der Waals surface area contributed by atoms with Gasteiger partial charge in [0.05, 0.1) is 12.2 Å². The van der Waals surface area contributed by atoms with Gasteiger partial charge in [0, 0.05) is 18.4 Å². The molecule has 0 aliphatic carbocycles. The van der Waals surface area contributed by atoms with E-state index in [1.165, 1.54) is 0 Å². The molecule has 3 N–H and O–H groups in total. The third kappa shape index (κ3) is 3.17. The van der Waals surface area contributed by atoms with E-state index in [9.17, 15) is 13.2 Å². The van der Waals surface area contributed by atoms with Crippen LogP contribution in [0.1, 0.15) is 11.1 Å². The lowest BCUT2D eigenvalue weighted by Crippen LogP contribution is -2.28. The van der Waals surface area contributed by atoms with Gasteiger partial charge in [0.2, 0.25) is 0 Å². The first-order valence-electron chi connectivity index (χ1n) is 4.31. The van der Waals surface area contributed by atoms with Crippen molar-refractivity contribution in [1.29, 1.82) is 0 Å². The Morgan fingerprint density at radius 1 is 1.47 bits per heavy atom. The molecule has 3 nitrogen and oxygen atoms in total. The van der Waals surface area contributed by atoms with E-state index < -0.39 is 17.8 Å². The summed E-state index contributed by atoms with van der Waals surface area (Å²) >= 11 is 0. The molecule has 6 heteroatoms. The number of nitrogens with two attached hydrogens (primary N) is 1. The molecule has 1 unspecified atom stereocenters. The van der Waals surface area contributed by atoms with E-state index in [0.717, 1.165) is 18.5 Å². The molecule has 0 saturated carbocycles. The largest absolute Gasteiger partial charge is 0.416 e. The molecule has 0 bridgehead atoms. The summed E-state index contributed by atoms with van der Waals surface area (Å²) in [4.78, 5) is 3.61. The van der Waals surface area contributed by atoms with Crippen molar-refractivity contribution in [3.63, 3.8) is 0 Å². The molecule has 0 spiro atoms. The fraction of sp³-hybridized carbons (Fsp3) is 0.444. The Balaban J connectivity index is 2.97. The van der Waals surface area contributed by atoms with Crippen LogP contribution in [0.4, 0.5) is 13.2 Å². The van der Waals surface area contributed by atoms with Crippen LogP contribution in [0.15, 0.2) is 18.5 Å². The van der Waals surface area contributed by atoms with Crippen LogP contribution in [0.5, 0.6) is 0 Å². The van der Waals surface area contributed by atoms with E-state index in [1.54, 1.807) is 0 Å². The molecule has 1 atom stereocenters. The molecule has 0 radical (unpaired) electrons. The van der Waals surface area contributed by atoms with Crippen LogP contribution in [0.25, 0.3) is 0 Å². The van der Waals surface area contributed by atoms with Gasteiger partial charge in [-0.1, -0.05) is 0 Å². The Hall–Kier alpha value is -1.14. The molecule has 15 heavy (non-hydrogen) atoms. The van der Waals surface area contributed by atoms with Crippen molar-refractivity contribution >= 4 is 0 Å². The van der Waals surface area contributed by atoms with Crippen LogP contribution < -0.4 is 5.73 Å². The highest BCUT2D eigenvalue weighted by Crippen LogP contribution is 2.31. The maximum atomic E-state index is 12.5. The van der Waals surface area contributed by atoms with Crippen LogP contribution in [-0.2, 0) is 12.6 Å². The fourth-order valence-corrected chi connectivity index (χ4v) is 1.21. The molecule has 1 aromatic heterocycles. The zero-order valence-corrected chi connectivity index (χ0v) is 7.83. The first kappa shape index (κ1) is 11.9. The van der Waals surface area contributed by atoms with E-state index in [-0.39, 0.29) is 18.6 Å². The number of aliphatic hydroxyl groups excluding tert-OH is 1. The predicted octanol–water partition coefficient (Wildman–Crippen LogP) is 0.962. The van der Waals surface area contributed by atoms with Crippen LogP contribution in [0, 0.1) is 0 Å². The molecular weight excluding hydrogens is 209 g/mol. The summed E-state index contributed by atoms with van der Waals surface area (Å²) in [6.07, 6.45) is -2.25. The fourth-order valence-electron chi connectivity index (χ4n) is 1.21. The molecule has 1 rings (SSSR count). The number of hydrogen-bond donors (Lipinski definition) is 2. The predicted molar refractivity (Wildman–Crippen MR) is 48.0 cm³/mol. The number of pyridine rings is 1. The lowest BCUT2D eigenvalue weighted by molar-refractivity contribution is -0.138. The normalized spacial score (nSPS) is 13.9. The molecule has 0 amide bonds. The quantitative estimate of drug-likeness (QED) is 0.797. The Kier molecular flexibility index (Phi) is 3.65. The zero-order valence-electron chi connectivity index (χ0n) is 7.83. The first-order valence-corrected chi connectivity index (χ1v) is 4.31. The van der Waals surface area contributed by atoms with E-state index in [2.05, 4.69) is 4.98 Å². The number of hydrogen-bond acceptors (Lipinski definition) is 3. The van der Waals surface area contributed by atoms with Crippen molar-refractivity contribution in [2.75, 3.05) is 6.61 Å². The molecule has 0 saturated heterocycles. The maximum Gasteiger partial charge on any atom is 0.416 e. The summed E-state index contributed by atoms with van der Waals surface area (Å²) < 4.78 is 37.4. The molecule has 0 aromatic carbocycles. The minimum absolute atomic E-state index is 0.00606. The SMILES string of the molecule is NC(CO)Cc1cnccc1C(F)(F)F. The number of aliphatic hydroxyl groups is 1. The Morgan fingerprint density at radius 2 is 2.13 bits per heavy atom. The van der Waals surface area contributed by atoms with Crippen LogP contribution in [-0.4, -0.2) is 22.7 Å². The van der Waals surface area contributed by atoms with Crippen molar-refractivity contribution in [2.24, 2.45) is 5.73 Å². The molecule has 0 aliphatic rings. The summed E-state index contributed by atoms with van der Waals surface area (Å²) in [6, 6.07) is 0.203. The second-order valence-electron chi connectivity index (χ2n) is 3.18. The highest BCUT2D eigenvalue weighted by molar-refractivity contribution is 5.26. The van der Waals surface area contributed by atoms with Crippen molar-refractivity contribution in [1.82, 2.24) is 4.98 Å². The highest BCUT2D eigenvalue weighted by atomic mass is 19.4. The van der Waals surface area contributed by atoms with Crippen molar-refractivity contribution in [3.8, 4) is 0 Å². The van der Waals surface area contributed by atoms with Gasteiger partial charge in [0.1, 0.15) is 0 Å². The van der Waals surface area contributed by atoms with Crippen molar-refractivity contribution < 1.29 is 18.3 Å². The number of rotatable bonds is 3. The summed E-state index contributed by atoms with van der Waals surface area (Å²) in [5.74, 6) is 0. The lowest BCUT2D eigenvalue weighted by atomic mass is 10.0. The first-order chi connectivity index (χ1) is 6.95. The molecule has 1 heterocycles. The summed E-state index contributed by atoms with van der Waals surface area (Å²) in [7, 11) is 0. The average Bonchev–Trinajstić information content (AvgIpc) is 2.17. The van der Waals surface area contributed by atoms with Gasteiger partial charge in [0.25, 0.3) is 0 Å². The van der Waals surface area contributed by atoms with Gasteiger partial charge in [-0.25, -0.2) is 0 Å². The number of alkyl halides is 3. The van der Waals surface area contributed by atoms with E-state index in [0.29, 0.717) is 0 Å². The Labute approximate surface area is 84.7 Å². The molecule has 0 fully saturated rings. The molecule has 84 valence electrons. The lowest BCUT2D eigenvalue weighted by Gasteiger charge is -2.14. The third-order valence-corrected chi connectivity index (χ3v) is 1.93. The molecular formula is C9H11F3N2O. The summed E-state index contributed by atoms with van der Waals surface area (Å²) in [5.41, 5.74) is 4.63. The minimum atomic E-state index is -4.41. The Morgan fingerprint density at radius 3 is 2.67 bits per heavy atom. The van der Waals surface area contributed by atoms with Gasteiger partial charge in [-0.2, -0.15) is 13.2 Å². The molecule has 1 aromatic rings. The standard InChI is InChI=1S/C9H11F3N2O/c10-9(11,12)8-1-2-14-4-6(8)3-7(13)5-15/h1-2,4,7,15H,3,5,13H2. The van der Waals surface area contributed by atoms with Gasteiger partial charge in [-0.05, 0) is 18.1 Å². The third-order valence-electron chi connectivity index (χ3n) is 1.93. The second-order valence-corrected chi connectivity index (χ2v) is 3.18. The summed E-state index contributed by atoms with van der Waals surface area (Å²) in [6.45, 7) is -0.355. The number of nitrogens with zero attached hydrogens (tertiary/aromatic N) is 1. The van der Waals surface area contributed by atoms with Crippen LogP contribution in [0.2, 0.25) is 0 Å². The number of aromatic nitrogens is 1. The average molecular weight is 220 g/mol. The minimum Gasteiger partial charge on any atom is -0.395 e. The molecule has 0 aliphatic heterocycles. The van der Waals surface area contributed by atoms with Crippen molar-refractivity contribution in [2.45, 2.75) is 18.6 Å². The van der Waals surface area contributed by atoms with Crippen LogP contribution in [0.3, 0.4) is 0 Å². The van der Waals surface area contributed by atoms with Gasteiger partial charge >= 0.3 is 6.18 Å². The topological polar surface area (TPSA) is 59.1 Å². The van der Waals surface area contributed by atoms with Gasteiger partial charge in [-0.15, -0.1) is 0 Å². The van der Waals surface area contributed by atoms with Gasteiger partial charge in [0.15, 0.2) is 0 Å². The van der Waals surface area contributed by atoms with Gasteiger partial charge < -0.3 is 10.8 Å². The van der Waals surface area contributed by atoms with E-state index in [4.69, 9.17) is 10.8 Å².